The van der Waals surface area contributed by atoms with E-state index >= 15 is 0 Å². The quantitative estimate of drug-likeness (QED) is 0.672. The molecule has 14 heavy (non-hydrogen) atoms. The van der Waals surface area contributed by atoms with Gasteiger partial charge in [-0.25, -0.2) is 4.98 Å². The van der Waals surface area contributed by atoms with Crippen LogP contribution < -0.4 is 0 Å². The van der Waals surface area contributed by atoms with Crippen LogP contribution in [0.5, 0.6) is 0 Å². The topological polar surface area (TPSA) is 17.8 Å². The standard InChI is InChI=1S/C10H10N2.C2H6/c1-12-8-11-7-10(12)9-5-3-2-4-6-9;1-2/h2-8H,1H3;1-2H3. The molecule has 2 nitrogen and oxygen atoms in total. The van der Waals surface area contributed by atoms with Gasteiger partial charge in [0.05, 0.1) is 18.2 Å². The predicted molar refractivity (Wildman–Crippen MR) is 60.0 cm³/mol. The minimum atomic E-state index is 1.15. The number of imidazole rings is 1. The Bertz CT molecular complexity index is 363. The third-order valence-corrected chi connectivity index (χ3v) is 1.89. The maximum absolute atomic E-state index is 4.06. The van der Waals surface area contributed by atoms with Gasteiger partial charge in [-0.15, -0.1) is 0 Å². The van der Waals surface area contributed by atoms with E-state index in [4.69, 9.17) is 0 Å². The zero-order valence-electron chi connectivity index (χ0n) is 8.94. The number of hydrogen-bond donors (Lipinski definition) is 0. The summed E-state index contributed by atoms with van der Waals surface area (Å²) in [5.74, 6) is 0. The third-order valence-electron chi connectivity index (χ3n) is 1.89. The molecule has 0 aliphatic heterocycles. The molecule has 0 spiro atoms. The normalized spacial score (nSPS) is 9.07. The van der Waals surface area contributed by atoms with Crippen molar-refractivity contribution >= 4 is 0 Å². The predicted octanol–water partition coefficient (Wildman–Crippen LogP) is 3.11. The van der Waals surface area contributed by atoms with Gasteiger partial charge in [0.2, 0.25) is 0 Å². The first-order chi connectivity index (χ1) is 6.88. The first-order valence-corrected chi connectivity index (χ1v) is 4.89. The molecule has 0 bridgehead atoms. The van der Waals surface area contributed by atoms with E-state index in [1.54, 1.807) is 0 Å². The van der Waals surface area contributed by atoms with Crippen LogP contribution in [0.1, 0.15) is 13.8 Å². The Labute approximate surface area is 85.2 Å². The minimum Gasteiger partial charge on any atom is -0.334 e. The van der Waals surface area contributed by atoms with E-state index < -0.39 is 0 Å². The molecule has 0 N–H and O–H groups in total. The van der Waals surface area contributed by atoms with E-state index in [9.17, 15) is 0 Å². The summed E-state index contributed by atoms with van der Waals surface area (Å²) < 4.78 is 2.01. The highest BCUT2D eigenvalue weighted by Gasteiger charge is 1.98. The fourth-order valence-corrected chi connectivity index (χ4v) is 1.24. The monoisotopic (exact) mass is 188 g/mol. The van der Waals surface area contributed by atoms with Crippen LogP contribution in [0.25, 0.3) is 11.3 Å². The lowest BCUT2D eigenvalue weighted by atomic mass is 10.2. The largest absolute Gasteiger partial charge is 0.334 e. The summed E-state index contributed by atoms with van der Waals surface area (Å²) in [5.41, 5.74) is 2.35. The Hall–Kier alpha value is -1.57. The molecular formula is C12H16N2. The number of rotatable bonds is 1. The van der Waals surface area contributed by atoms with Crippen molar-refractivity contribution < 1.29 is 0 Å². The molecule has 1 heterocycles. The van der Waals surface area contributed by atoms with Crippen molar-refractivity contribution in [1.29, 1.82) is 0 Å². The molecule has 0 aliphatic carbocycles. The second-order valence-electron chi connectivity index (χ2n) is 2.76. The Morgan fingerprint density at radius 1 is 1.07 bits per heavy atom. The number of nitrogens with zero attached hydrogens (tertiary/aromatic N) is 2. The number of hydrogen-bond acceptors (Lipinski definition) is 1. The molecule has 2 heteroatoms. The molecule has 0 radical (unpaired) electrons. The van der Waals surface area contributed by atoms with Crippen LogP contribution in [-0.4, -0.2) is 9.55 Å². The van der Waals surface area contributed by atoms with Gasteiger partial charge in [-0.3, -0.25) is 0 Å². The lowest BCUT2D eigenvalue weighted by molar-refractivity contribution is 0.921. The smallest absolute Gasteiger partial charge is 0.0948 e. The van der Waals surface area contributed by atoms with Gasteiger partial charge in [-0.05, 0) is 5.56 Å². The summed E-state index contributed by atoms with van der Waals surface area (Å²) in [6.07, 6.45) is 3.68. The van der Waals surface area contributed by atoms with Gasteiger partial charge in [0.15, 0.2) is 0 Å². The molecule has 2 rings (SSSR count). The van der Waals surface area contributed by atoms with Gasteiger partial charge in [0.25, 0.3) is 0 Å². The summed E-state index contributed by atoms with van der Waals surface area (Å²) in [4.78, 5) is 4.06. The average Bonchev–Trinajstić information content (AvgIpc) is 2.69. The van der Waals surface area contributed by atoms with Gasteiger partial charge in [0.1, 0.15) is 0 Å². The summed E-state index contributed by atoms with van der Waals surface area (Å²) in [5, 5.41) is 0. The maximum atomic E-state index is 4.06. The highest BCUT2D eigenvalue weighted by molar-refractivity contribution is 5.58. The van der Waals surface area contributed by atoms with Crippen LogP contribution in [0, 0.1) is 0 Å². The van der Waals surface area contributed by atoms with Gasteiger partial charge in [0, 0.05) is 7.05 Å². The lowest BCUT2D eigenvalue weighted by Gasteiger charge is -2.00. The fourth-order valence-electron chi connectivity index (χ4n) is 1.24. The molecule has 1 aromatic carbocycles. The molecule has 0 atom stereocenters. The zero-order valence-corrected chi connectivity index (χ0v) is 8.94. The van der Waals surface area contributed by atoms with Crippen LogP contribution in [0.4, 0.5) is 0 Å². The van der Waals surface area contributed by atoms with Crippen LogP contribution in [0.15, 0.2) is 42.9 Å². The van der Waals surface area contributed by atoms with E-state index in [-0.39, 0.29) is 0 Å². The molecule has 0 fully saturated rings. The van der Waals surface area contributed by atoms with Gasteiger partial charge in [-0.2, -0.15) is 0 Å². The average molecular weight is 188 g/mol. The van der Waals surface area contributed by atoms with Gasteiger partial charge in [-0.1, -0.05) is 44.2 Å². The molecule has 0 unspecified atom stereocenters. The molecular weight excluding hydrogens is 172 g/mol. The maximum Gasteiger partial charge on any atom is 0.0948 e. The lowest BCUT2D eigenvalue weighted by Crippen LogP contribution is -1.87. The van der Waals surface area contributed by atoms with Crippen molar-refractivity contribution in [2.24, 2.45) is 7.05 Å². The third kappa shape index (κ3) is 2.22. The van der Waals surface area contributed by atoms with Crippen LogP contribution in [0.2, 0.25) is 0 Å². The summed E-state index contributed by atoms with van der Waals surface area (Å²) in [7, 11) is 2.00. The molecule has 2 aromatic rings. The first-order valence-electron chi connectivity index (χ1n) is 4.89. The molecule has 74 valence electrons. The Kier molecular flexibility index (Phi) is 3.92. The minimum absolute atomic E-state index is 1.15. The highest BCUT2D eigenvalue weighted by Crippen LogP contribution is 2.16. The fraction of sp³-hybridized carbons (Fsp3) is 0.250. The van der Waals surface area contributed by atoms with E-state index in [1.165, 1.54) is 5.56 Å². The molecule has 1 aromatic heterocycles. The first kappa shape index (κ1) is 10.5. The second-order valence-corrected chi connectivity index (χ2v) is 2.76. The van der Waals surface area contributed by atoms with Gasteiger partial charge < -0.3 is 4.57 Å². The number of aryl methyl sites for hydroxylation is 1. The summed E-state index contributed by atoms with van der Waals surface area (Å²) in [6, 6.07) is 10.2. The molecule has 0 saturated heterocycles. The summed E-state index contributed by atoms with van der Waals surface area (Å²) >= 11 is 0. The Morgan fingerprint density at radius 3 is 2.21 bits per heavy atom. The molecule has 0 saturated carbocycles. The Morgan fingerprint density at radius 2 is 1.71 bits per heavy atom. The van der Waals surface area contributed by atoms with Crippen molar-refractivity contribution in [3.8, 4) is 11.3 Å². The van der Waals surface area contributed by atoms with Crippen LogP contribution >= 0.6 is 0 Å². The highest BCUT2D eigenvalue weighted by atomic mass is 15.0. The number of aromatic nitrogens is 2. The summed E-state index contributed by atoms with van der Waals surface area (Å²) in [6.45, 7) is 4.00. The van der Waals surface area contributed by atoms with E-state index in [1.807, 2.05) is 56.2 Å². The van der Waals surface area contributed by atoms with Crippen molar-refractivity contribution in [2.45, 2.75) is 13.8 Å². The SMILES string of the molecule is CC.Cn1cncc1-c1ccccc1. The second kappa shape index (κ2) is 5.22. The van der Waals surface area contributed by atoms with E-state index in [0.29, 0.717) is 0 Å². The van der Waals surface area contributed by atoms with E-state index in [2.05, 4.69) is 17.1 Å². The van der Waals surface area contributed by atoms with Crippen molar-refractivity contribution in [1.82, 2.24) is 9.55 Å². The van der Waals surface area contributed by atoms with Gasteiger partial charge >= 0.3 is 0 Å². The van der Waals surface area contributed by atoms with Crippen molar-refractivity contribution in [3.63, 3.8) is 0 Å². The molecule has 0 amide bonds. The van der Waals surface area contributed by atoms with Crippen molar-refractivity contribution in [3.05, 3.63) is 42.9 Å². The molecule has 0 aliphatic rings. The van der Waals surface area contributed by atoms with Crippen molar-refractivity contribution in [2.75, 3.05) is 0 Å². The van der Waals surface area contributed by atoms with Crippen LogP contribution in [0.3, 0.4) is 0 Å². The Balaban J connectivity index is 0.000000461. The zero-order chi connectivity index (χ0) is 10.4. The van der Waals surface area contributed by atoms with E-state index in [0.717, 1.165) is 5.69 Å². The number of benzene rings is 1. The van der Waals surface area contributed by atoms with Crippen LogP contribution in [-0.2, 0) is 7.05 Å².